The van der Waals surface area contributed by atoms with Gasteiger partial charge in [0.15, 0.2) is 0 Å². The minimum Gasteiger partial charge on any atom is -0.352 e. The number of carbonyl (C=O) groups is 2. The first kappa shape index (κ1) is 26.1. The Balaban J connectivity index is 0.00000320. The molecule has 1 aliphatic rings. The second-order valence-electron chi connectivity index (χ2n) is 8.58. The number of nitro groups is 1. The van der Waals surface area contributed by atoms with Gasteiger partial charge in [0, 0.05) is 71.8 Å². The molecule has 2 N–H and O–H groups in total. The standard InChI is InChI=1S/C26H22ClN5O4.ClH/c27-14-18-15-31(24-13-20(32(35)36)6-7-21(18)24)26(34)23-11-16-4-5-17(12-22(16)30-23)25(33)29-10-8-19-3-1-2-9-28-19;/h1-7,9,11-13,18,30H,8,10,14-15H2,(H,29,33);1H. The van der Waals surface area contributed by atoms with Crippen LogP contribution in [0.5, 0.6) is 0 Å². The number of amides is 2. The van der Waals surface area contributed by atoms with Crippen molar-refractivity contribution in [3.05, 3.63) is 99.5 Å². The lowest BCUT2D eigenvalue weighted by molar-refractivity contribution is -0.384. The molecule has 11 heteroatoms. The number of halogens is 2. The van der Waals surface area contributed by atoms with E-state index in [0.717, 1.165) is 16.6 Å². The number of non-ortho nitro benzene ring substituents is 1. The number of hydrogen-bond donors (Lipinski definition) is 2. The molecule has 2 aromatic carbocycles. The van der Waals surface area contributed by atoms with Gasteiger partial charge in [0.05, 0.1) is 10.6 Å². The zero-order valence-corrected chi connectivity index (χ0v) is 21.1. The van der Waals surface area contributed by atoms with Crippen LogP contribution in [-0.2, 0) is 6.42 Å². The minimum absolute atomic E-state index is 0. The van der Waals surface area contributed by atoms with E-state index >= 15 is 0 Å². The zero-order chi connectivity index (χ0) is 25.2. The summed E-state index contributed by atoms with van der Waals surface area (Å²) in [4.78, 5) is 45.7. The highest BCUT2D eigenvalue weighted by molar-refractivity contribution is 6.19. The van der Waals surface area contributed by atoms with Crippen molar-refractivity contribution in [3.8, 4) is 0 Å². The van der Waals surface area contributed by atoms with Crippen LogP contribution in [0.25, 0.3) is 10.9 Å². The molecule has 0 aliphatic carbocycles. The Hall–Kier alpha value is -3.95. The Morgan fingerprint density at radius 2 is 2.00 bits per heavy atom. The smallest absolute Gasteiger partial charge is 0.274 e. The topological polar surface area (TPSA) is 121 Å². The maximum atomic E-state index is 13.4. The predicted molar refractivity (Wildman–Crippen MR) is 144 cm³/mol. The molecule has 0 saturated carbocycles. The first-order valence-electron chi connectivity index (χ1n) is 11.4. The van der Waals surface area contributed by atoms with Gasteiger partial charge in [-0.1, -0.05) is 12.1 Å². The monoisotopic (exact) mass is 539 g/mol. The number of benzene rings is 2. The van der Waals surface area contributed by atoms with Crippen molar-refractivity contribution in [2.75, 3.05) is 23.9 Å². The van der Waals surface area contributed by atoms with Gasteiger partial charge in [0.25, 0.3) is 17.5 Å². The number of nitrogens with one attached hydrogen (secondary N) is 2. The average Bonchev–Trinajstić information content (AvgIpc) is 3.49. The lowest BCUT2D eigenvalue weighted by Gasteiger charge is -2.16. The van der Waals surface area contributed by atoms with Crippen LogP contribution in [0.3, 0.4) is 0 Å². The fourth-order valence-electron chi connectivity index (χ4n) is 4.45. The quantitative estimate of drug-likeness (QED) is 0.197. The third kappa shape index (κ3) is 5.28. The van der Waals surface area contributed by atoms with Crippen LogP contribution in [-0.4, -0.2) is 45.7 Å². The highest BCUT2D eigenvalue weighted by atomic mass is 35.5. The number of fused-ring (bicyclic) bond motifs is 2. The third-order valence-electron chi connectivity index (χ3n) is 6.30. The summed E-state index contributed by atoms with van der Waals surface area (Å²) in [7, 11) is 0. The Labute approximate surface area is 223 Å². The molecule has 37 heavy (non-hydrogen) atoms. The lowest BCUT2D eigenvalue weighted by atomic mass is 10.0. The second-order valence-corrected chi connectivity index (χ2v) is 8.89. The van der Waals surface area contributed by atoms with Crippen molar-refractivity contribution in [2.24, 2.45) is 0 Å². The van der Waals surface area contributed by atoms with Gasteiger partial charge in [-0.2, -0.15) is 0 Å². The minimum atomic E-state index is -0.483. The maximum absolute atomic E-state index is 13.4. The first-order valence-corrected chi connectivity index (χ1v) is 11.9. The Kier molecular flexibility index (Phi) is 7.75. The maximum Gasteiger partial charge on any atom is 0.274 e. The number of nitro benzene ring substituents is 1. The molecule has 0 bridgehead atoms. The molecule has 1 aliphatic heterocycles. The number of alkyl halides is 1. The van der Waals surface area contributed by atoms with Gasteiger partial charge >= 0.3 is 0 Å². The number of pyridine rings is 1. The summed E-state index contributed by atoms with van der Waals surface area (Å²) in [5.41, 5.74) is 3.54. The zero-order valence-electron chi connectivity index (χ0n) is 19.5. The van der Waals surface area contributed by atoms with E-state index in [1.54, 1.807) is 36.5 Å². The molecule has 0 spiro atoms. The van der Waals surface area contributed by atoms with E-state index in [2.05, 4.69) is 15.3 Å². The van der Waals surface area contributed by atoms with Crippen molar-refractivity contribution in [1.29, 1.82) is 0 Å². The number of rotatable bonds is 7. The molecule has 5 rings (SSSR count). The van der Waals surface area contributed by atoms with Gasteiger partial charge in [-0.25, -0.2) is 0 Å². The molecule has 2 aromatic heterocycles. The van der Waals surface area contributed by atoms with Gasteiger partial charge in [-0.3, -0.25) is 24.7 Å². The molecule has 4 aromatic rings. The Bertz CT molecular complexity index is 1470. The summed E-state index contributed by atoms with van der Waals surface area (Å²) in [6.45, 7) is 0.780. The van der Waals surface area contributed by atoms with Crippen molar-refractivity contribution >= 4 is 58.1 Å². The molecule has 1 unspecified atom stereocenters. The number of H-pyrrole nitrogens is 1. The fourth-order valence-corrected chi connectivity index (χ4v) is 4.71. The Morgan fingerprint density at radius 3 is 2.73 bits per heavy atom. The van der Waals surface area contributed by atoms with Crippen molar-refractivity contribution < 1.29 is 14.5 Å². The van der Waals surface area contributed by atoms with Gasteiger partial charge in [-0.05, 0) is 42.0 Å². The van der Waals surface area contributed by atoms with Crippen LogP contribution in [0, 0.1) is 10.1 Å². The highest BCUT2D eigenvalue weighted by Gasteiger charge is 2.34. The molecule has 0 saturated heterocycles. The Morgan fingerprint density at radius 1 is 1.16 bits per heavy atom. The molecular formula is C26H23Cl2N5O4. The van der Waals surface area contributed by atoms with Crippen molar-refractivity contribution in [1.82, 2.24) is 15.3 Å². The highest BCUT2D eigenvalue weighted by Crippen LogP contribution is 2.40. The van der Waals surface area contributed by atoms with E-state index in [9.17, 15) is 19.7 Å². The van der Waals surface area contributed by atoms with Crippen LogP contribution in [0.4, 0.5) is 11.4 Å². The van der Waals surface area contributed by atoms with Crippen molar-refractivity contribution in [2.45, 2.75) is 12.3 Å². The van der Waals surface area contributed by atoms with Gasteiger partial charge in [0.2, 0.25) is 0 Å². The molecule has 190 valence electrons. The summed E-state index contributed by atoms with van der Waals surface area (Å²) >= 11 is 6.12. The summed E-state index contributed by atoms with van der Waals surface area (Å²) in [5, 5.41) is 14.9. The predicted octanol–water partition coefficient (Wildman–Crippen LogP) is 4.85. The SMILES string of the molecule is Cl.O=C(NCCc1ccccn1)c1ccc2cc(C(=O)N3CC(CCl)c4ccc([N+](=O)[O-])cc43)[nH]c2c1. The summed E-state index contributed by atoms with van der Waals surface area (Å²) in [6.07, 6.45) is 2.34. The molecule has 1 atom stereocenters. The summed E-state index contributed by atoms with van der Waals surface area (Å²) in [5.74, 6) is -0.361. The fraction of sp³-hybridized carbons (Fsp3) is 0.192. The number of carbonyl (C=O) groups excluding carboxylic acids is 2. The normalized spacial score (nSPS) is 14.2. The molecular weight excluding hydrogens is 517 g/mol. The van der Waals surface area contributed by atoms with Crippen molar-refractivity contribution in [3.63, 3.8) is 0 Å². The van der Waals surface area contributed by atoms with Gasteiger partial charge in [0.1, 0.15) is 5.69 Å². The van der Waals surface area contributed by atoms with E-state index in [4.69, 9.17) is 11.6 Å². The molecule has 0 radical (unpaired) electrons. The van der Waals surface area contributed by atoms with Crippen LogP contribution in [0.15, 0.2) is 66.9 Å². The van der Waals surface area contributed by atoms with Crippen LogP contribution in [0.1, 0.15) is 38.0 Å². The lowest BCUT2D eigenvalue weighted by Crippen LogP contribution is -2.30. The summed E-state index contributed by atoms with van der Waals surface area (Å²) < 4.78 is 0. The largest absolute Gasteiger partial charge is 0.352 e. The molecule has 0 fully saturated rings. The number of hydrogen-bond acceptors (Lipinski definition) is 5. The number of aromatic nitrogens is 2. The third-order valence-corrected chi connectivity index (χ3v) is 6.67. The average molecular weight is 540 g/mol. The number of nitrogens with zero attached hydrogens (tertiary/aromatic N) is 3. The number of anilines is 1. The van der Waals surface area contributed by atoms with Gasteiger partial charge < -0.3 is 15.2 Å². The van der Waals surface area contributed by atoms with Gasteiger partial charge in [-0.15, -0.1) is 24.0 Å². The first-order chi connectivity index (χ1) is 17.4. The number of aromatic amines is 1. The van der Waals surface area contributed by atoms with E-state index in [1.807, 2.05) is 18.2 Å². The van der Waals surface area contributed by atoms with Crippen LogP contribution < -0.4 is 10.2 Å². The van der Waals surface area contributed by atoms with E-state index < -0.39 is 4.92 Å². The molecule has 9 nitrogen and oxygen atoms in total. The second kappa shape index (κ2) is 11.0. The summed E-state index contributed by atoms with van der Waals surface area (Å²) in [6, 6.07) is 17.1. The van der Waals surface area contributed by atoms with Crippen LogP contribution in [0.2, 0.25) is 0 Å². The molecule has 3 heterocycles. The van der Waals surface area contributed by atoms with E-state index in [1.165, 1.54) is 17.0 Å². The molecule has 2 amide bonds. The van der Waals surface area contributed by atoms with Crippen LogP contribution >= 0.6 is 24.0 Å². The van der Waals surface area contributed by atoms with E-state index in [-0.39, 0.29) is 35.8 Å². The van der Waals surface area contributed by atoms with E-state index in [0.29, 0.717) is 47.9 Å².